The van der Waals surface area contributed by atoms with Gasteiger partial charge in [-0.05, 0) is 25.3 Å². The Morgan fingerprint density at radius 1 is 1.38 bits per heavy atom. The molecule has 0 aromatic heterocycles. The lowest BCUT2D eigenvalue weighted by atomic mass is 9.71. The van der Waals surface area contributed by atoms with Crippen molar-refractivity contribution in [1.29, 1.82) is 0 Å². The number of hydrogen-bond acceptors (Lipinski definition) is 1. The van der Waals surface area contributed by atoms with E-state index in [1.165, 1.54) is 5.57 Å². The summed E-state index contributed by atoms with van der Waals surface area (Å²) in [6.45, 7) is 8.98. The zero-order valence-electron chi connectivity index (χ0n) is 9.35. The fourth-order valence-electron chi connectivity index (χ4n) is 1.92. The molecule has 1 aliphatic rings. The molecule has 0 spiro atoms. The van der Waals surface area contributed by atoms with E-state index in [2.05, 4.69) is 39.8 Å². The van der Waals surface area contributed by atoms with Crippen molar-refractivity contribution in [2.24, 2.45) is 11.3 Å². The summed E-state index contributed by atoms with van der Waals surface area (Å²) in [5, 5.41) is 0. The summed E-state index contributed by atoms with van der Waals surface area (Å²) >= 11 is 0. The topological polar surface area (TPSA) is 9.23 Å². The van der Waals surface area contributed by atoms with Crippen molar-refractivity contribution in [3.05, 3.63) is 23.5 Å². The Morgan fingerprint density at radius 3 is 2.46 bits per heavy atom. The second-order valence-corrected chi connectivity index (χ2v) is 4.50. The van der Waals surface area contributed by atoms with Crippen LogP contribution >= 0.6 is 0 Å². The van der Waals surface area contributed by atoms with E-state index < -0.39 is 0 Å². The molecule has 0 aromatic carbocycles. The van der Waals surface area contributed by atoms with Crippen molar-refractivity contribution in [3.8, 4) is 0 Å². The SMILES string of the molecule is COC1=CC=C(C)CC1(C)C(C)C. The highest BCUT2D eigenvalue weighted by Gasteiger charge is 2.35. The molecule has 1 nitrogen and oxygen atoms in total. The number of rotatable bonds is 2. The third kappa shape index (κ3) is 1.79. The molecule has 0 amide bonds. The van der Waals surface area contributed by atoms with Gasteiger partial charge in [-0.1, -0.05) is 32.4 Å². The molecule has 1 aliphatic carbocycles. The van der Waals surface area contributed by atoms with E-state index in [1.54, 1.807) is 7.11 Å². The van der Waals surface area contributed by atoms with E-state index in [9.17, 15) is 0 Å². The lowest BCUT2D eigenvalue weighted by molar-refractivity contribution is 0.134. The Morgan fingerprint density at radius 2 is 2.00 bits per heavy atom. The van der Waals surface area contributed by atoms with Gasteiger partial charge in [0, 0.05) is 5.41 Å². The minimum atomic E-state index is 0.188. The molecule has 1 heteroatoms. The summed E-state index contributed by atoms with van der Waals surface area (Å²) in [7, 11) is 1.76. The van der Waals surface area contributed by atoms with Gasteiger partial charge < -0.3 is 4.74 Å². The van der Waals surface area contributed by atoms with Gasteiger partial charge in [-0.2, -0.15) is 0 Å². The van der Waals surface area contributed by atoms with Crippen molar-refractivity contribution in [3.63, 3.8) is 0 Å². The molecule has 0 saturated heterocycles. The lowest BCUT2D eigenvalue weighted by Crippen LogP contribution is -2.29. The van der Waals surface area contributed by atoms with Crippen LogP contribution in [-0.4, -0.2) is 7.11 Å². The maximum absolute atomic E-state index is 5.43. The molecule has 0 N–H and O–H groups in total. The molecule has 1 atom stereocenters. The standard InChI is InChI=1S/C12H20O/c1-9(2)12(4)8-10(3)6-7-11(12)13-5/h6-7,9H,8H2,1-5H3. The van der Waals surface area contributed by atoms with Crippen LogP contribution in [0.4, 0.5) is 0 Å². The smallest absolute Gasteiger partial charge is 0.102 e. The predicted octanol–water partition coefficient (Wildman–Crippen LogP) is 3.53. The van der Waals surface area contributed by atoms with Crippen LogP contribution in [-0.2, 0) is 4.74 Å². The molecule has 74 valence electrons. The van der Waals surface area contributed by atoms with E-state index in [-0.39, 0.29) is 5.41 Å². The zero-order valence-corrected chi connectivity index (χ0v) is 9.35. The summed E-state index contributed by atoms with van der Waals surface area (Å²) in [6, 6.07) is 0. The minimum Gasteiger partial charge on any atom is -0.501 e. The monoisotopic (exact) mass is 180 g/mol. The maximum Gasteiger partial charge on any atom is 0.102 e. The van der Waals surface area contributed by atoms with E-state index in [4.69, 9.17) is 4.74 Å². The average molecular weight is 180 g/mol. The van der Waals surface area contributed by atoms with Crippen LogP contribution in [0, 0.1) is 11.3 Å². The highest BCUT2D eigenvalue weighted by atomic mass is 16.5. The largest absolute Gasteiger partial charge is 0.501 e. The van der Waals surface area contributed by atoms with Gasteiger partial charge in [-0.25, -0.2) is 0 Å². The summed E-state index contributed by atoms with van der Waals surface area (Å²) in [5.41, 5.74) is 1.63. The van der Waals surface area contributed by atoms with Gasteiger partial charge in [0.05, 0.1) is 7.11 Å². The minimum absolute atomic E-state index is 0.188. The van der Waals surface area contributed by atoms with Gasteiger partial charge in [-0.15, -0.1) is 0 Å². The van der Waals surface area contributed by atoms with Crippen LogP contribution in [0.1, 0.15) is 34.1 Å². The van der Waals surface area contributed by atoms with Gasteiger partial charge in [0.1, 0.15) is 5.76 Å². The molecule has 0 aromatic rings. The molecule has 1 unspecified atom stereocenters. The van der Waals surface area contributed by atoms with E-state index >= 15 is 0 Å². The van der Waals surface area contributed by atoms with Gasteiger partial charge in [0.15, 0.2) is 0 Å². The van der Waals surface area contributed by atoms with Crippen molar-refractivity contribution in [2.45, 2.75) is 34.1 Å². The Labute approximate surface area is 81.5 Å². The number of hydrogen-bond donors (Lipinski definition) is 0. The van der Waals surface area contributed by atoms with Crippen LogP contribution in [0.2, 0.25) is 0 Å². The molecule has 0 bridgehead atoms. The fraction of sp³-hybridized carbons (Fsp3) is 0.667. The maximum atomic E-state index is 5.43. The second kappa shape index (κ2) is 3.57. The third-order valence-electron chi connectivity index (χ3n) is 3.22. The highest BCUT2D eigenvalue weighted by Crippen LogP contribution is 2.43. The lowest BCUT2D eigenvalue weighted by Gasteiger charge is -2.37. The number of allylic oxidation sites excluding steroid dienone is 4. The van der Waals surface area contributed by atoms with E-state index in [1.807, 2.05) is 0 Å². The molecule has 0 radical (unpaired) electrons. The van der Waals surface area contributed by atoms with Gasteiger partial charge >= 0.3 is 0 Å². The van der Waals surface area contributed by atoms with Crippen LogP contribution < -0.4 is 0 Å². The van der Waals surface area contributed by atoms with Crippen LogP contribution in [0.5, 0.6) is 0 Å². The second-order valence-electron chi connectivity index (χ2n) is 4.50. The first kappa shape index (κ1) is 10.4. The van der Waals surface area contributed by atoms with Crippen LogP contribution in [0.15, 0.2) is 23.5 Å². The van der Waals surface area contributed by atoms with Gasteiger partial charge in [0.25, 0.3) is 0 Å². The Hall–Kier alpha value is -0.720. The Bertz CT molecular complexity index is 248. The first-order valence-electron chi connectivity index (χ1n) is 4.92. The predicted molar refractivity (Wildman–Crippen MR) is 56.4 cm³/mol. The Kier molecular flexibility index (Phi) is 2.84. The molecule has 0 saturated carbocycles. The number of ether oxygens (including phenoxy) is 1. The molecular formula is C12H20O. The van der Waals surface area contributed by atoms with Crippen molar-refractivity contribution in [1.82, 2.24) is 0 Å². The van der Waals surface area contributed by atoms with E-state index in [0.29, 0.717) is 5.92 Å². The summed E-state index contributed by atoms with van der Waals surface area (Å²) in [5.74, 6) is 1.73. The molecule has 0 aliphatic heterocycles. The van der Waals surface area contributed by atoms with Crippen molar-refractivity contribution < 1.29 is 4.74 Å². The average Bonchev–Trinajstić information content (AvgIpc) is 2.04. The van der Waals surface area contributed by atoms with Crippen molar-refractivity contribution >= 4 is 0 Å². The molecular weight excluding hydrogens is 160 g/mol. The summed E-state index contributed by atoms with van der Waals surface area (Å²) in [6.07, 6.45) is 5.38. The molecule has 1 rings (SSSR count). The molecule has 13 heavy (non-hydrogen) atoms. The van der Waals surface area contributed by atoms with Crippen molar-refractivity contribution in [2.75, 3.05) is 7.11 Å². The third-order valence-corrected chi connectivity index (χ3v) is 3.22. The quantitative estimate of drug-likeness (QED) is 0.631. The highest BCUT2D eigenvalue weighted by molar-refractivity contribution is 5.26. The summed E-state index contributed by atoms with van der Waals surface area (Å²) in [4.78, 5) is 0. The normalized spacial score (nSPS) is 28.5. The van der Waals surface area contributed by atoms with Gasteiger partial charge in [0.2, 0.25) is 0 Å². The molecule has 0 fully saturated rings. The van der Waals surface area contributed by atoms with Crippen LogP contribution in [0.3, 0.4) is 0 Å². The Balaban J connectivity index is 2.99. The fourth-order valence-corrected chi connectivity index (χ4v) is 1.92. The first-order chi connectivity index (χ1) is 6.00. The van der Waals surface area contributed by atoms with E-state index in [0.717, 1.165) is 12.2 Å². The zero-order chi connectivity index (χ0) is 10.1. The van der Waals surface area contributed by atoms with Gasteiger partial charge in [-0.3, -0.25) is 0 Å². The summed E-state index contributed by atoms with van der Waals surface area (Å²) < 4.78 is 5.43. The molecule has 0 heterocycles. The number of methoxy groups -OCH3 is 1. The van der Waals surface area contributed by atoms with Crippen LogP contribution in [0.25, 0.3) is 0 Å². The first-order valence-corrected chi connectivity index (χ1v) is 4.92.